The summed E-state index contributed by atoms with van der Waals surface area (Å²) < 4.78 is 42.6. The van der Waals surface area contributed by atoms with Crippen molar-refractivity contribution in [1.29, 1.82) is 0 Å². The molecule has 10 heteroatoms. The van der Waals surface area contributed by atoms with Gasteiger partial charge >= 0.3 is 12.1 Å². The third-order valence-corrected chi connectivity index (χ3v) is 3.89. The molecule has 0 aliphatic carbocycles. The summed E-state index contributed by atoms with van der Waals surface area (Å²) in [7, 11) is 0. The van der Waals surface area contributed by atoms with Crippen LogP contribution in [0.4, 0.5) is 13.2 Å². The van der Waals surface area contributed by atoms with Crippen molar-refractivity contribution in [1.82, 2.24) is 14.2 Å². The van der Waals surface area contributed by atoms with E-state index >= 15 is 0 Å². The minimum Gasteiger partial charge on any atom is -0.477 e. The Labute approximate surface area is 142 Å². The first-order valence-electron chi connectivity index (χ1n) is 6.72. The van der Waals surface area contributed by atoms with Gasteiger partial charge in [-0.15, -0.1) is 0 Å². The first-order valence-corrected chi connectivity index (χ1v) is 7.56. The van der Waals surface area contributed by atoms with Gasteiger partial charge in [-0.3, -0.25) is 4.79 Å². The average molecular weight is 367 g/mol. The van der Waals surface area contributed by atoms with Gasteiger partial charge in [-0.05, 0) is 29.7 Å². The Balaban J connectivity index is 2.16. The molecule has 0 bridgehead atoms. The Bertz CT molecular complexity index is 980. The first kappa shape index (κ1) is 16.8. The molecule has 0 unspecified atom stereocenters. The van der Waals surface area contributed by atoms with Gasteiger partial charge in [0.2, 0.25) is 0 Å². The number of hydrogen-bond donors (Lipinski definition) is 1. The third-order valence-electron chi connectivity index (χ3n) is 3.31. The summed E-state index contributed by atoms with van der Waals surface area (Å²) in [4.78, 5) is 23.5. The number of carboxylic acid groups (broad SMARTS) is 1. The van der Waals surface area contributed by atoms with E-state index in [0.717, 1.165) is 46.5 Å². The zero-order valence-electron chi connectivity index (χ0n) is 12.2. The van der Waals surface area contributed by atoms with Crippen molar-refractivity contribution in [3.63, 3.8) is 0 Å². The van der Waals surface area contributed by atoms with Crippen LogP contribution in [0.5, 0.6) is 0 Å². The van der Waals surface area contributed by atoms with Gasteiger partial charge in [0.1, 0.15) is 5.56 Å². The second kappa shape index (κ2) is 6.13. The summed E-state index contributed by atoms with van der Waals surface area (Å²) in [6.07, 6.45) is -3.15. The summed E-state index contributed by atoms with van der Waals surface area (Å²) in [5, 5.41) is 14.7. The van der Waals surface area contributed by atoms with Crippen LogP contribution in [0.15, 0.2) is 46.7 Å². The van der Waals surface area contributed by atoms with Gasteiger partial charge in [0.25, 0.3) is 5.56 Å². The smallest absolute Gasteiger partial charge is 0.416 e. The Morgan fingerprint density at radius 2 is 1.88 bits per heavy atom. The van der Waals surface area contributed by atoms with Crippen molar-refractivity contribution in [2.45, 2.75) is 6.18 Å². The molecule has 0 fully saturated rings. The molecular weight excluding hydrogens is 359 g/mol. The molecule has 3 aromatic rings. The Morgan fingerprint density at radius 1 is 1.20 bits per heavy atom. The van der Waals surface area contributed by atoms with E-state index in [1.807, 2.05) is 0 Å². The van der Waals surface area contributed by atoms with Gasteiger partial charge in [0, 0.05) is 10.9 Å². The fourth-order valence-corrected chi connectivity index (χ4v) is 2.60. The number of aromatic carboxylic acids is 1. The maximum atomic E-state index is 12.7. The van der Waals surface area contributed by atoms with Crippen LogP contribution in [0.1, 0.15) is 15.9 Å². The van der Waals surface area contributed by atoms with Crippen LogP contribution in [0.3, 0.4) is 0 Å². The summed E-state index contributed by atoms with van der Waals surface area (Å²) in [5.41, 5.74) is -1.68. The molecule has 0 aliphatic rings. The van der Waals surface area contributed by atoms with Gasteiger partial charge in [-0.2, -0.15) is 27.3 Å². The zero-order valence-corrected chi connectivity index (χ0v) is 13.0. The van der Waals surface area contributed by atoms with E-state index in [9.17, 15) is 27.9 Å². The van der Waals surface area contributed by atoms with Gasteiger partial charge in [-0.25, -0.2) is 4.79 Å². The lowest BCUT2D eigenvalue weighted by molar-refractivity contribution is -0.137. The summed E-state index contributed by atoms with van der Waals surface area (Å²) >= 11 is 1.04. The number of hydrogen-bond acceptors (Lipinski definition) is 5. The van der Waals surface area contributed by atoms with Crippen molar-refractivity contribution in [2.24, 2.45) is 0 Å². The summed E-state index contributed by atoms with van der Waals surface area (Å²) in [6.45, 7) is 0. The average Bonchev–Trinajstić information content (AvgIpc) is 3.08. The normalized spacial score (nSPS) is 11.5. The largest absolute Gasteiger partial charge is 0.477 e. The van der Waals surface area contributed by atoms with E-state index in [0.29, 0.717) is 0 Å². The van der Waals surface area contributed by atoms with Crippen molar-refractivity contribution in [2.75, 3.05) is 0 Å². The van der Waals surface area contributed by atoms with Crippen LogP contribution < -0.4 is 5.56 Å². The van der Waals surface area contributed by atoms with E-state index < -0.39 is 28.8 Å². The molecule has 0 saturated heterocycles. The van der Waals surface area contributed by atoms with Crippen molar-refractivity contribution in [3.05, 3.63) is 63.4 Å². The molecule has 1 aromatic carbocycles. The fourth-order valence-electron chi connectivity index (χ4n) is 2.10. The summed E-state index contributed by atoms with van der Waals surface area (Å²) in [5.74, 6) is -1.46. The summed E-state index contributed by atoms with van der Waals surface area (Å²) in [6, 6.07) is 5.08. The van der Waals surface area contributed by atoms with Gasteiger partial charge < -0.3 is 5.11 Å². The van der Waals surface area contributed by atoms with Crippen LogP contribution in [0, 0.1) is 0 Å². The predicted molar refractivity (Wildman–Crippen MR) is 82.9 cm³/mol. The molecule has 128 valence electrons. The minimum absolute atomic E-state index is 0.0527. The Kier molecular flexibility index (Phi) is 4.13. The second-order valence-electron chi connectivity index (χ2n) is 4.92. The number of halogens is 3. The number of rotatable bonds is 3. The monoisotopic (exact) mass is 367 g/mol. The van der Waals surface area contributed by atoms with Gasteiger partial charge in [-0.1, -0.05) is 12.1 Å². The number of benzene rings is 1. The van der Waals surface area contributed by atoms with E-state index in [1.54, 1.807) is 0 Å². The highest BCUT2D eigenvalue weighted by atomic mass is 32.1. The minimum atomic E-state index is -4.49. The van der Waals surface area contributed by atoms with E-state index in [4.69, 9.17) is 0 Å². The third kappa shape index (κ3) is 3.29. The van der Waals surface area contributed by atoms with Crippen LogP contribution in [0.25, 0.3) is 16.9 Å². The molecule has 0 saturated carbocycles. The molecule has 0 atom stereocenters. The molecule has 3 rings (SSSR count). The van der Waals surface area contributed by atoms with Crippen LogP contribution in [0.2, 0.25) is 0 Å². The molecule has 1 N–H and O–H groups in total. The topological polar surface area (TPSA) is 85.1 Å². The van der Waals surface area contributed by atoms with Crippen LogP contribution >= 0.6 is 11.5 Å². The molecule has 2 aromatic heterocycles. The van der Waals surface area contributed by atoms with Crippen molar-refractivity contribution < 1.29 is 23.1 Å². The molecule has 6 nitrogen and oxygen atoms in total. The molecule has 0 aliphatic heterocycles. The molecule has 2 heterocycles. The zero-order chi connectivity index (χ0) is 18.2. The Morgan fingerprint density at radius 3 is 2.40 bits per heavy atom. The first-order chi connectivity index (χ1) is 11.8. The predicted octanol–water partition coefficient (Wildman–Crippen LogP) is 3.07. The van der Waals surface area contributed by atoms with Crippen LogP contribution in [-0.4, -0.2) is 25.2 Å². The maximum absolute atomic E-state index is 12.7. The van der Waals surface area contributed by atoms with Gasteiger partial charge in [0.05, 0.1) is 23.1 Å². The quantitative estimate of drug-likeness (QED) is 0.769. The van der Waals surface area contributed by atoms with Gasteiger partial charge in [0.15, 0.2) is 0 Å². The second-order valence-corrected chi connectivity index (χ2v) is 5.58. The number of nitrogens with zero attached hydrogens (tertiary/aromatic N) is 3. The van der Waals surface area contributed by atoms with Crippen molar-refractivity contribution >= 4 is 17.5 Å². The SMILES string of the molecule is O=C(O)c1cc(-c2ccc(C(F)(F)F)cc2)nn(-c2cnsc2)c1=O. The molecular formula is C15H8F3N3O3S. The van der Waals surface area contributed by atoms with E-state index in [2.05, 4.69) is 9.47 Å². The number of aromatic nitrogens is 3. The lowest BCUT2D eigenvalue weighted by atomic mass is 10.1. The standard InChI is InChI=1S/C15H8F3N3O3S/c16-15(17,18)9-3-1-8(2-4-9)12-5-11(14(23)24)13(22)21(20-12)10-6-19-25-7-10/h1-7H,(H,23,24). The molecule has 0 radical (unpaired) electrons. The molecule has 0 spiro atoms. The van der Waals surface area contributed by atoms with E-state index in [1.165, 1.54) is 11.6 Å². The van der Waals surface area contributed by atoms with Crippen molar-refractivity contribution in [3.8, 4) is 16.9 Å². The highest BCUT2D eigenvalue weighted by molar-refractivity contribution is 7.03. The number of carbonyl (C=O) groups is 1. The maximum Gasteiger partial charge on any atom is 0.416 e. The van der Waals surface area contributed by atoms with Crippen LogP contribution in [-0.2, 0) is 6.18 Å². The lowest BCUT2D eigenvalue weighted by Gasteiger charge is -2.09. The highest BCUT2D eigenvalue weighted by Gasteiger charge is 2.30. The number of alkyl halides is 3. The highest BCUT2D eigenvalue weighted by Crippen LogP contribution is 2.30. The molecule has 25 heavy (non-hydrogen) atoms. The number of carboxylic acids is 1. The Hall–Kier alpha value is -3.01. The fraction of sp³-hybridized carbons (Fsp3) is 0.0667. The lowest BCUT2D eigenvalue weighted by Crippen LogP contribution is -2.27. The van der Waals surface area contributed by atoms with E-state index in [-0.39, 0.29) is 16.9 Å². The molecule has 0 amide bonds.